The number of nitrogens with one attached hydrogen (secondary N) is 2. The van der Waals surface area contributed by atoms with Crippen LogP contribution in [0.1, 0.15) is 37.3 Å². The van der Waals surface area contributed by atoms with Crippen LogP contribution >= 0.6 is 23.2 Å². The van der Waals surface area contributed by atoms with Gasteiger partial charge >= 0.3 is 0 Å². The van der Waals surface area contributed by atoms with E-state index in [-0.39, 0.29) is 17.7 Å². The van der Waals surface area contributed by atoms with Crippen molar-refractivity contribution in [3.8, 4) is 0 Å². The molecule has 6 nitrogen and oxygen atoms in total. The van der Waals surface area contributed by atoms with Gasteiger partial charge in [-0.1, -0.05) is 48.3 Å². The van der Waals surface area contributed by atoms with E-state index in [9.17, 15) is 14.7 Å². The van der Waals surface area contributed by atoms with Gasteiger partial charge in [-0.2, -0.15) is 0 Å². The number of aliphatic hydroxyl groups is 1. The number of anilines is 1. The highest BCUT2D eigenvalue weighted by atomic mass is 35.5. The smallest absolute Gasteiger partial charge is 0.249 e. The molecule has 0 aliphatic carbocycles. The first-order valence-electron chi connectivity index (χ1n) is 11.3. The third-order valence-electron chi connectivity index (χ3n) is 6.54. The van der Waals surface area contributed by atoms with Crippen LogP contribution in [-0.2, 0) is 21.5 Å². The molecule has 2 heterocycles. The first-order chi connectivity index (χ1) is 15.8. The second-order valence-corrected chi connectivity index (χ2v) is 10.0. The van der Waals surface area contributed by atoms with E-state index in [1.54, 1.807) is 17.0 Å². The van der Waals surface area contributed by atoms with E-state index in [0.29, 0.717) is 54.6 Å². The lowest BCUT2D eigenvalue weighted by atomic mass is 9.84. The fourth-order valence-electron chi connectivity index (χ4n) is 4.74. The number of aliphatic hydroxyl groups excluding tert-OH is 1. The quantitative estimate of drug-likeness (QED) is 0.523. The summed E-state index contributed by atoms with van der Waals surface area (Å²) in [5.41, 5.74) is 1.56. The second-order valence-electron chi connectivity index (χ2n) is 9.16. The van der Waals surface area contributed by atoms with Crippen LogP contribution in [-0.4, -0.2) is 47.6 Å². The molecule has 33 heavy (non-hydrogen) atoms. The molecule has 4 rings (SSSR count). The lowest BCUT2D eigenvalue weighted by Gasteiger charge is -2.30. The van der Waals surface area contributed by atoms with Crippen molar-refractivity contribution in [2.45, 2.75) is 44.2 Å². The highest BCUT2D eigenvalue weighted by molar-refractivity contribution is 6.31. The summed E-state index contributed by atoms with van der Waals surface area (Å²) in [6.45, 7) is 3.64. The van der Waals surface area contributed by atoms with Crippen molar-refractivity contribution in [2.75, 3.05) is 25.0 Å². The Bertz CT molecular complexity index is 1050. The maximum atomic E-state index is 13.3. The molecule has 3 N–H and O–H groups in total. The van der Waals surface area contributed by atoms with Crippen molar-refractivity contribution >= 4 is 40.7 Å². The Morgan fingerprint density at radius 2 is 2.06 bits per heavy atom. The number of β-amino-alcohol motifs (C(OH)–C–C–N with tert-alkyl or cyclic N) is 1. The molecule has 8 heteroatoms. The Balaban J connectivity index is 1.47. The summed E-state index contributed by atoms with van der Waals surface area (Å²) in [5, 5.41) is 17.3. The third-order valence-corrected chi connectivity index (χ3v) is 7.01. The molecular formula is C25H29Cl2N3O3. The van der Waals surface area contributed by atoms with Gasteiger partial charge in [0.2, 0.25) is 11.8 Å². The minimum absolute atomic E-state index is 0.0753. The number of nitrogens with zero attached hydrogens (tertiary/aromatic N) is 1. The monoisotopic (exact) mass is 489 g/mol. The summed E-state index contributed by atoms with van der Waals surface area (Å²) in [4.78, 5) is 27.5. The molecule has 1 fully saturated rings. The van der Waals surface area contributed by atoms with Crippen molar-refractivity contribution in [1.82, 2.24) is 10.2 Å². The Hall–Kier alpha value is -2.12. The van der Waals surface area contributed by atoms with E-state index in [1.165, 1.54) is 0 Å². The number of fused-ring (bicyclic) bond motifs is 1. The summed E-state index contributed by atoms with van der Waals surface area (Å²) in [5.74, 6) is 0.0842. The summed E-state index contributed by atoms with van der Waals surface area (Å²) in [6.07, 6.45) is 1.83. The molecule has 0 spiro atoms. The summed E-state index contributed by atoms with van der Waals surface area (Å²) < 4.78 is 0. The van der Waals surface area contributed by atoms with E-state index in [0.717, 1.165) is 17.5 Å². The van der Waals surface area contributed by atoms with E-state index in [1.807, 2.05) is 37.3 Å². The number of rotatable bonds is 8. The number of carbonyl (C=O) groups is 2. The van der Waals surface area contributed by atoms with Gasteiger partial charge in [0, 0.05) is 47.2 Å². The van der Waals surface area contributed by atoms with Crippen LogP contribution in [0.3, 0.4) is 0 Å². The number of amides is 2. The van der Waals surface area contributed by atoms with E-state index in [4.69, 9.17) is 23.2 Å². The maximum absolute atomic E-state index is 13.3. The molecule has 176 valence electrons. The van der Waals surface area contributed by atoms with Crippen molar-refractivity contribution in [3.05, 3.63) is 63.6 Å². The van der Waals surface area contributed by atoms with E-state index >= 15 is 0 Å². The zero-order valence-corrected chi connectivity index (χ0v) is 20.1. The van der Waals surface area contributed by atoms with Gasteiger partial charge in [0.05, 0.1) is 6.10 Å². The van der Waals surface area contributed by atoms with Gasteiger partial charge in [-0.05, 0) is 55.1 Å². The van der Waals surface area contributed by atoms with Crippen molar-refractivity contribution in [3.63, 3.8) is 0 Å². The van der Waals surface area contributed by atoms with E-state index in [2.05, 4.69) is 10.6 Å². The molecule has 1 saturated heterocycles. The number of carbonyl (C=O) groups excluding carboxylic acids is 2. The van der Waals surface area contributed by atoms with Crippen LogP contribution in [0.5, 0.6) is 0 Å². The topological polar surface area (TPSA) is 81.7 Å². The van der Waals surface area contributed by atoms with Gasteiger partial charge < -0.3 is 15.3 Å². The van der Waals surface area contributed by atoms with Crippen LogP contribution in [0.2, 0.25) is 10.0 Å². The van der Waals surface area contributed by atoms with E-state index < -0.39 is 11.6 Å². The van der Waals surface area contributed by atoms with Crippen LogP contribution in [0, 0.1) is 5.92 Å². The molecule has 2 aromatic rings. The lowest BCUT2D eigenvalue weighted by Crippen LogP contribution is -2.50. The number of hydrogen-bond donors (Lipinski definition) is 3. The van der Waals surface area contributed by atoms with Gasteiger partial charge in [-0.25, -0.2) is 0 Å². The number of likely N-dealkylation sites (tertiary alicyclic amines) is 1. The standard InChI is InChI=1S/C25H29Cl2N3O3/c1-16(11-23(32)30-10-8-20(31)15-30)7-9-28-25(14-17-3-2-4-18(26)12-17)21-6-5-19(27)13-22(21)29-24(25)33/h2-6,12-13,16,20,28,31H,7-11,14-15H2,1H3,(H,29,33). The zero-order chi connectivity index (χ0) is 23.6. The Labute approximate surface area is 204 Å². The predicted octanol–water partition coefficient (Wildman–Crippen LogP) is 3.98. The Morgan fingerprint density at radius 3 is 2.79 bits per heavy atom. The molecule has 3 unspecified atom stereocenters. The van der Waals surface area contributed by atoms with Gasteiger partial charge in [-0.3, -0.25) is 14.9 Å². The maximum Gasteiger partial charge on any atom is 0.249 e. The highest BCUT2D eigenvalue weighted by Crippen LogP contribution is 2.40. The minimum atomic E-state index is -0.951. The Kier molecular flexibility index (Phi) is 7.29. The molecule has 2 aliphatic rings. The molecule has 2 aliphatic heterocycles. The summed E-state index contributed by atoms with van der Waals surface area (Å²) in [7, 11) is 0. The van der Waals surface area contributed by atoms with Crippen molar-refractivity contribution in [2.24, 2.45) is 5.92 Å². The molecule has 0 radical (unpaired) electrons. The molecule has 2 amide bonds. The molecule has 0 saturated carbocycles. The average Bonchev–Trinajstić information content (AvgIpc) is 3.29. The molecular weight excluding hydrogens is 461 g/mol. The zero-order valence-electron chi connectivity index (χ0n) is 18.6. The Morgan fingerprint density at radius 1 is 1.27 bits per heavy atom. The molecule has 0 bridgehead atoms. The third kappa shape index (κ3) is 5.35. The first kappa shape index (κ1) is 24.0. The van der Waals surface area contributed by atoms with Crippen molar-refractivity contribution in [1.29, 1.82) is 0 Å². The fraction of sp³-hybridized carbons (Fsp3) is 0.440. The number of halogens is 2. The van der Waals surface area contributed by atoms with Crippen LogP contribution < -0.4 is 10.6 Å². The SMILES string of the molecule is CC(CCNC1(Cc2cccc(Cl)c2)C(=O)Nc2cc(Cl)ccc21)CC(=O)N1CCC(O)C1. The summed E-state index contributed by atoms with van der Waals surface area (Å²) in [6, 6.07) is 13.0. The predicted molar refractivity (Wildman–Crippen MR) is 131 cm³/mol. The van der Waals surface area contributed by atoms with Gasteiger partial charge in [0.25, 0.3) is 0 Å². The van der Waals surface area contributed by atoms with Crippen LogP contribution in [0.25, 0.3) is 0 Å². The van der Waals surface area contributed by atoms with Crippen LogP contribution in [0.15, 0.2) is 42.5 Å². The first-order valence-corrected chi connectivity index (χ1v) is 12.1. The minimum Gasteiger partial charge on any atom is -0.391 e. The normalized spacial score (nSPS) is 22.8. The molecule has 0 aromatic heterocycles. The molecule has 2 aromatic carbocycles. The van der Waals surface area contributed by atoms with Gasteiger partial charge in [0.1, 0.15) is 5.54 Å². The number of hydrogen-bond acceptors (Lipinski definition) is 4. The van der Waals surface area contributed by atoms with Crippen molar-refractivity contribution < 1.29 is 14.7 Å². The highest BCUT2D eigenvalue weighted by Gasteiger charge is 2.46. The van der Waals surface area contributed by atoms with Gasteiger partial charge in [-0.15, -0.1) is 0 Å². The molecule has 3 atom stereocenters. The largest absolute Gasteiger partial charge is 0.391 e. The van der Waals surface area contributed by atoms with Gasteiger partial charge in [0.15, 0.2) is 0 Å². The second kappa shape index (κ2) is 10.0. The lowest BCUT2D eigenvalue weighted by molar-refractivity contribution is -0.131. The fourth-order valence-corrected chi connectivity index (χ4v) is 5.12. The van der Waals surface area contributed by atoms with Crippen LogP contribution in [0.4, 0.5) is 5.69 Å². The number of benzene rings is 2. The summed E-state index contributed by atoms with van der Waals surface area (Å²) >= 11 is 12.4. The average molecular weight is 490 g/mol.